The number of hydrogen-bond acceptors (Lipinski definition) is 5. The molecule has 0 N–H and O–H groups in total. The maximum absolute atomic E-state index is 13.3. The zero-order valence-electron chi connectivity index (χ0n) is 14.8. The summed E-state index contributed by atoms with van der Waals surface area (Å²) in [4.78, 5) is 26.3. The van der Waals surface area contributed by atoms with Crippen molar-refractivity contribution >= 4 is 44.9 Å². The first kappa shape index (κ1) is 19.6. The number of fused-ring (bicyclic) bond motifs is 1. The summed E-state index contributed by atoms with van der Waals surface area (Å²) in [6.45, 7) is -0.475. The van der Waals surface area contributed by atoms with Crippen molar-refractivity contribution < 1.29 is 18.7 Å². The Bertz CT molecular complexity index is 931. The van der Waals surface area contributed by atoms with Crippen molar-refractivity contribution in [3.8, 4) is 6.07 Å². The van der Waals surface area contributed by atoms with Crippen molar-refractivity contribution in [1.82, 2.24) is 4.90 Å². The van der Waals surface area contributed by atoms with E-state index in [0.29, 0.717) is 22.9 Å². The summed E-state index contributed by atoms with van der Waals surface area (Å²) in [6.07, 6.45) is 4.06. The normalized spacial score (nSPS) is 15.9. The van der Waals surface area contributed by atoms with Crippen LogP contribution in [0.2, 0.25) is 5.02 Å². The molecular weight excluding hydrogens is 391 g/mol. The van der Waals surface area contributed by atoms with Gasteiger partial charge < -0.3 is 9.64 Å². The van der Waals surface area contributed by atoms with Crippen molar-refractivity contribution in [3.63, 3.8) is 0 Å². The van der Waals surface area contributed by atoms with Crippen LogP contribution in [0.3, 0.4) is 0 Å². The Morgan fingerprint density at radius 1 is 1.37 bits per heavy atom. The van der Waals surface area contributed by atoms with Crippen LogP contribution in [0.25, 0.3) is 10.1 Å². The van der Waals surface area contributed by atoms with Gasteiger partial charge >= 0.3 is 5.97 Å². The number of nitriles is 1. The zero-order valence-corrected chi connectivity index (χ0v) is 16.3. The maximum atomic E-state index is 13.3. The molecule has 1 aromatic carbocycles. The van der Waals surface area contributed by atoms with E-state index in [-0.39, 0.29) is 9.90 Å². The Balaban J connectivity index is 1.69. The summed E-state index contributed by atoms with van der Waals surface area (Å²) in [7, 11) is 1.57. The van der Waals surface area contributed by atoms with Crippen LogP contribution in [0.4, 0.5) is 4.39 Å². The second kappa shape index (κ2) is 7.83. The van der Waals surface area contributed by atoms with Crippen molar-refractivity contribution in [3.05, 3.63) is 33.9 Å². The highest BCUT2D eigenvalue weighted by atomic mass is 35.5. The number of thiophene rings is 1. The molecule has 0 spiro atoms. The molecule has 3 rings (SSSR count). The number of nitrogens with zero attached hydrogens (tertiary/aromatic N) is 2. The average molecular weight is 409 g/mol. The smallest absolute Gasteiger partial charge is 0.350 e. The number of carbonyl (C=O) groups excluding carboxylic acids is 2. The van der Waals surface area contributed by atoms with Gasteiger partial charge in [-0.05, 0) is 31.0 Å². The predicted octanol–water partition coefficient (Wildman–Crippen LogP) is 4.54. The van der Waals surface area contributed by atoms with E-state index in [1.807, 2.05) is 0 Å². The highest BCUT2D eigenvalue weighted by Gasteiger charge is 2.39. The van der Waals surface area contributed by atoms with Gasteiger partial charge in [-0.1, -0.05) is 30.9 Å². The lowest BCUT2D eigenvalue weighted by molar-refractivity contribution is -0.138. The van der Waals surface area contributed by atoms with Crippen LogP contribution in [0.15, 0.2) is 18.2 Å². The lowest BCUT2D eigenvalue weighted by Gasteiger charge is -2.38. The largest absolute Gasteiger partial charge is 0.451 e. The maximum Gasteiger partial charge on any atom is 0.350 e. The number of hydrogen-bond donors (Lipinski definition) is 0. The third-order valence-electron chi connectivity index (χ3n) is 5.01. The van der Waals surface area contributed by atoms with Crippen LogP contribution >= 0.6 is 22.9 Å². The Hall–Kier alpha value is -2.17. The molecule has 5 nitrogen and oxygen atoms in total. The van der Waals surface area contributed by atoms with Crippen LogP contribution in [0, 0.1) is 17.1 Å². The van der Waals surface area contributed by atoms with Crippen molar-refractivity contribution in [2.75, 3.05) is 13.7 Å². The standard InChI is InChI=1S/C19H18ClFN2O3S/c1-23(19(11-22)7-3-2-4-8-19)15(24)10-26-18(25)17-16(20)13-6-5-12(21)9-14(13)27-17/h5-6,9H,2-4,7-8,10H2,1H3. The summed E-state index contributed by atoms with van der Waals surface area (Å²) in [6, 6.07) is 6.32. The van der Waals surface area contributed by atoms with E-state index < -0.39 is 29.8 Å². The monoisotopic (exact) mass is 408 g/mol. The van der Waals surface area contributed by atoms with Crippen LogP contribution in [-0.4, -0.2) is 36.0 Å². The molecule has 1 aliphatic rings. The summed E-state index contributed by atoms with van der Waals surface area (Å²) in [5, 5.41) is 10.3. The molecule has 27 heavy (non-hydrogen) atoms. The first-order valence-corrected chi connectivity index (χ1v) is 9.80. The predicted molar refractivity (Wildman–Crippen MR) is 101 cm³/mol. The lowest BCUT2D eigenvalue weighted by atomic mass is 9.81. The molecule has 8 heteroatoms. The third-order valence-corrected chi connectivity index (χ3v) is 6.65. The molecule has 1 heterocycles. The minimum absolute atomic E-state index is 0.125. The molecule has 0 bridgehead atoms. The molecule has 0 atom stereocenters. The van der Waals surface area contributed by atoms with Crippen LogP contribution in [0.5, 0.6) is 0 Å². The summed E-state index contributed by atoms with van der Waals surface area (Å²) < 4.78 is 19.0. The van der Waals surface area contributed by atoms with E-state index in [1.54, 1.807) is 7.05 Å². The minimum Gasteiger partial charge on any atom is -0.451 e. The van der Waals surface area contributed by atoms with Gasteiger partial charge in [0.15, 0.2) is 6.61 Å². The zero-order chi connectivity index (χ0) is 19.6. The fraction of sp³-hybridized carbons (Fsp3) is 0.421. The Morgan fingerprint density at radius 3 is 2.74 bits per heavy atom. The Morgan fingerprint density at radius 2 is 2.07 bits per heavy atom. The van der Waals surface area contributed by atoms with Crippen molar-refractivity contribution in [2.45, 2.75) is 37.6 Å². The topological polar surface area (TPSA) is 70.4 Å². The fourth-order valence-corrected chi connectivity index (χ4v) is 4.78. The van der Waals surface area contributed by atoms with E-state index in [4.69, 9.17) is 16.3 Å². The molecule has 1 aliphatic carbocycles. The van der Waals surface area contributed by atoms with E-state index in [1.165, 1.54) is 23.1 Å². The van der Waals surface area contributed by atoms with Gasteiger partial charge in [-0.25, -0.2) is 9.18 Å². The second-order valence-corrected chi connectivity index (χ2v) is 8.05. The highest BCUT2D eigenvalue weighted by Crippen LogP contribution is 2.36. The van der Waals surface area contributed by atoms with Crippen LogP contribution in [0.1, 0.15) is 41.8 Å². The molecule has 1 amide bonds. The van der Waals surface area contributed by atoms with Gasteiger partial charge in [0.2, 0.25) is 0 Å². The third kappa shape index (κ3) is 3.78. The van der Waals surface area contributed by atoms with Gasteiger partial charge in [0, 0.05) is 17.1 Å². The highest BCUT2D eigenvalue weighted by molar-refractivity contribution is 7.21. The van der Waals surface area contributed by atoms with Crippen LogP contribution in [-0.2, 0) is 9.53 Å². The number of likely N-dealkylation sites (N-methyl/N-ethyl adjacent to an activating group) is 1. The number of esters is 1. The van der Waals surface area contributed by atoms with Crippen molar-refractivity contribution in [2.24, 2.45) is 0 Å². The molecule has 0 radical (unpaired) electrons. The molecule has 2 aromatic rings. The summed E-state index contributed by atoms with van der Waals surface area (Å²) >= 11 is 7.21. The molecule has 142 valence electrons. The van der Waals surface area contributed by atoms with Gasteiger partial charge in [-0.15, -0.1) is 11.3 Å². The number of benzene rings is 1. The molecular formula is C19H18ClFN2O3S. The SMILES string of the molecule is CN(C(=O)COC(=O)c1sc2cc(F)ccc2c1Cl)C1(C#N)CCCCC1. The van der Waals surface area contributed by atoms with E-state index in [9.17, 15) is 19.2 Å². The van der Waals surface area contributed by atoms with Gasteiger partial charge in [0.05, 0.1) is 11.1 Å². The number of rotatable bonds is 4. The fourth-order valence-electron chi connectivity index (χ4n) is 3.36. The molecule has 0 aliphatic heterocycles. The number of halogens is 2. The number of carbonyl (C=O) groups is 2. The van der Waals surface area contributed by atoms with Gasteiger partial charge in [0.1, 0.15) is 16.2 Å². The molecule has 1 saturated carbocycles. The summed E-state index contributed by atoms with van der Waals surface area (Å²) in [5.41, 5.74) is -0.839. The summed E-state index contributed by atoms with van der Waals surface area (Å²) in [5.74, 6) is -1.60. The van der Waals surface area contributed by atoms with Gasteiger partial charge in [-0.2, -0.15) is 5.26 Å². The number of amides is 1. The van der Waals surface area contributed by atoms with E-state index in [2.05, 4.69) is 6.07 Å². The molecule has 0 unspecified atom stereocenters. The Kier molecular flexibility index (Phi) is 5.68. The minimum atomic E-state index is -0.839. The first-order valence-electron chi connectivity index (χ1n) is 8.60. The average Bonchev–Trinajstić information content (AvgIpc) is 3.01. The van der Waals surface area contributed by atoms with E-state index >= 15 is 0 Å². The van der Waals surface area contributed by atoms with Crippen LogP contribution < -0.4 is 0 Å². The number of ether oxygens (including phenoxy) is 1. The second-order valence-electron chi connectivity index (χ2n) is 6.62. The first-order chi connectivity index (χ1) is 12.9. The quantitative estimate of drug-likeness (QED) is 0.696. The molecule has 1 aromatic heterocycles. The van der Waals surface area contributed by atoms with Crippen molar-refractivity contribution in [1.29, 1.82) is 5.26 Å². The lowest BCUT2D eigenvalue weighted by Crippen LogP contribution is -2.51. The molecule has 1 fully saturated rings. The molecule has 0 saturated heterocycles. The van der Waals surface area contributed by atoms with Gasteiger partial charge in [0.25, 0.3) is 5.91 Å². The van der Waals surface area contributed by atoms with E-state index in [0.717, 1.165) is 30.6 Å². The van der Waals surface area contributed by atoms with Gasteiger partial charge in [-0.3, -0.25) is 4.79 Å². The Labute approximate surface area is 165 Å².